The van der Waals surface area contributed by atoms with Crippen LogP contribution in [-0.4, -0.2) is 4.98 Å². The van der Waals surface area contributed by atoms with Gasteiger partial charge in [0.2, 0.25) is 5.88 Å². The van der Waals surface area contributed by atoms with Gasteiger partial charge in [0, 0.05) is 11.6 Å². The van der Waals surface area contributed by atoms with Gasteiger partial charge in [0.05, 0.1) is 0 Å². The highest BCUT2D eigenvalue weighted by atomic mass is 16.5. The molecule has 0 spiro atoms. The third kappa shape index (κ3) is 3.07. The fourth-order valence-electron chi connectivity index (χ4n) is 3.54. The smallest absolute Gasteiger partial charge is 0.227 e. The number of para-hydroxylation sites is 1. The van der Waals surface area contributed by atoms with Crippen molar-refractivity contribution in [2.45, 2.75) is 38.0 Å². The Labute approximate surface area is 137 Å². The molecule has 0 bridgehead atoms. The number of rotatable bonds is 3. The van der Waals surface area contributed by atoms with E-state index in [9.17, 15) is 0 Å². The lowest BCUT2D eigenvalue weighted by Crippen LogP contribution is -2.04. The highest BCUT2D eigenvalue weighted by molar-refractivity contribution is 5.87. The van der Waals surface area contributed by atoms with Crippen LogP contribution in [0.4, 0.5) is 0 Å². The molecule has 1 fully saturated rings. The Hall–Kier alpha value is -2.35. The van der Waals surface area contributed by atoms with E-state index in [2.05, 4.69) is 29.2 Å². The molecule has 2 heteroatoms. The second-order valence-corrected chi connectivity index (χ2v) is 6.35. The molecule has 116 valence electrons. The third-order valence-corrected chi connectivity index (χ3v) is 4.79. The minimum absolute atomic E-state index is 0.684. The Bertz CT molecular complexity index is 791. The second-order valence-electron chi connectivity index (χ2n) is 6.35. The highest BCUT2D eigenvalue weighted by Gasteiger charge is 2.16. The first-order chi connectivity index (χ1) is 11.4. The van der Waals surface area contributed by atoms with E-state index in [-0.39, 0.29) is 0 Å². The van der Waals surface area contributed by atoms with Crippen LogP contribution in [0.3, 0.4) is 0 Å². The third-order valence-electron chi connectivity index (χ3n) is 4.79. The van der Waals surface area contributed by atoms with Gasteiger partial charge in [-0.05, 0) is 54.0 Å². The topological polar surface area (TPSA) is 22.1 Å². The zero-order chi connectivity index (χ0) is 15.5. The largest absolute Gasteiger partial charge is 0.438 e. The molecule has 1 aromatic heterocycles. The van der Waals surface area contributed by atoms with E-state index in [1.54, 1.807) is 0 Å². The van der Waals surface area contributed by atoms with Gasteiger partial charge < -0.3 is 4.74 Å². The maximum Gasteiger partial charge on any atom is 0.227 e. The van der Waals surface area contributed by atoms with Crippen molar-refractivity contribution in [2.75, 3.05) is 0 Å². The maximum absolute atomic E-state index is 5.97. The van der Waals surface area contributed by atoms with Gasteiger partial charge in [-0.25, -0.2) is 4.98 Å². The molecular formula is C21H21NO. The van der Waals surface area contributed by atoms with Crippen molar-refractivity contribution < 1.29 is 4.74 Å². The molecule has 4 rings (SSSR count). The van der Waals surface area contributed by atoms with E-state index in [1.807, 2.05) is 36.5 Å². The molecule has 0 aliphatic heterocycles. The van der Waals surface area contributed by atoms with Gasteiger partial charge in [-0.15, -0.1) is 0 Å². The van der Waals surface area contributed by atoms with Crippen molar-refractivity contribution in [3.8, 4) is 11.6 Å². The number of benzene rings is 2. The van der Waals surface area contributed by atoms with Crippen LogP contribution in [0.2, 0.25) is 0 Å². The summed E-state index contributed by atoms with van der Waals surface area (Å²) < 4.78 is 5.97. The molecule has 1 saturated carbocycles. The van der Waals surface area contributed by atoms with Crippen molar-refractivity contribution in [1.82, 2.24) is 4.98 Å². The Morgan fingerprint density at radius 2 is 1.70 bits per heavy atom. The molecule has 0 radical (unpaired) electrons. The van der Waals surface area contributed by atoms with Gasteiger partial charge in [-0.1, -0.05) is 49.6 Å². The fraction of sp³-hybridized carbons (Fsp3) is 0.286. The summed E-state index contributed by atoms with van der Waals surface area (Å²) in [5, 5.41) is 2.30. The number of hydrogen-bond donors (Lipinski definition) is 0. The summed E-state index contributed by atoms with van der Waals surface area (Å²) in [4.78, 5) is 4.42. The molecule has 0 saturated heterocycles. The molecule has 1 aliphatic carbocycles. The molecule has 1 heterocycles. The fourth-order valence-corrected chi connectivity index (χ4v) is 3.54. The summed E-state index contributed by atoms with van der Waals surface area (Å²) in [6.07, 6.45) is 8.60. The number of hydrogen-bond acceptors (Lipinski definition) is 2. The van der Waals surface area contributed by atoms with Crippen molar-refractivity contribution in [2.24, 2.45) is 0 Å². The molecule has 0 N–H and O–H groups in total. The predicted octanol–water partition coefficient (Wildman–Crippen LogP) is 6.07. The lowest BCUT2D eigenvalue weighted by atomic mass is 9.83. The molecule has 3 aromatic rings. The van der Waals surface area contributed by atoms with E-state index < -0.39 is 0 Å². The number of fused-ring (bicyclic) bond motifs is 1. The first-order valence-corrected chi connectivity index (χ1v) is 8.52. The molecular weight excluding hydrogens is 282 g/mol. The van der Waals surface area contributed by atoms with Crippen LogP contribution in [0.15, 0.2) is 60.8 Å². The summed E-state index contributed by atoms with van der Waals surface area (Å²) >= 11 is 0. The zero-order valence-corrected chi connectivity index (χ0v) is 13.2. The van der Waals surface area contributed by atoms with E-state index >= 15 is 0 Å². The van der Waals surface area contributed by atoms with E-state index in [0.717, 1.165) is 17.1 Å². The number of pyridine rings is 1. The van der Waals surface area contributed by atoms with Crippen LogP contribution < -0.4 is 4.74 Å². The van der Waals surface area contributed by atoms with Gasteiger partial charge in [-0.3, -0.25) is 0 Å². The normalized spacial score (nSPS) is 15.7. The van der Waals surface area contributed by atoms with Crippen LogP contribution in [0, 0.1) is 0 Å². The summed E-state index contributed by atoms with van der Waals surface area (Å²) in [6, 6.07) is 18.7. The molecule has 0 amide bonds. The van der Waals surface area contributed by atoms with Gasteiger partial charge in [-0.2, -0.15) is 0 Å². The van der Waals surface area contributed by atoms with Crippen LogP contribution >= 0.6 is 0 Å². The minimum Gasteiger partial charge on any atom is -0.438 e. The Morgan fingerprint density at radius 1 is 0.870 bits per heavy atom. The molecule has 1 aliphatic rings. The Morgan fingerprint density at radius 3 is 2.52 bits per heavy atom. The first kappa shape index (κ1) is 14.3. The predicted molar refractivity (Wildman–Crippen MR) is 94.1 cm³/mol. The summed E-state index contributed by atoms with van der Waals surface area (Å²) in [5.74, 6) is 2.23. The lowest BCUT2D eigenvalue weighted by molar-refractivity contribution is 0.444. The summed E-state index contributed by atoms with van der Waals surface area (Å²) in [5.41, 5.74) is 1.47. The van der Waals surface area contributed by atoms with Crippen molar-refractivity contribution in [3.05, 3.63) is 66.4 Å². The van der Waals surface area contributed by atoms with Crippen LogP contribution in [0.5, 0.6) is 11.6 Å². The highest BCUT2D eigenvalue weighted by Crippen LogP contribution is 2.35. The van der Waals surface area contributed by atoms with Gasteiger partial charge in [0.25, 0.3) is 0 Å². The standard InChI is InChI=1S/C21H21NO/c1-3-7-16(8-4-1)17-11-12-20-18(15-17)13-14-22-21(20)23-19-9-5-2-6-10-19/h2,5-6,9-16H,1,3-4,7-8H2. The SMILES string of the molecule is c1ccc(Oc2nccc3cc(C4CCCCC4)ccc23)cc1. The van der Waals surface area contributed by atoms with Crippen molar-refractivity contribution >= 4 is 10.8 Å². The minimum atomic E-state index is 0.684. The van der Waals surface area contributed by atoms with Crippen molar-refractivity contribution in [1.29, 1.82) is 0 Å². The summed E-state index contributed by atoms with van der Waals surface area (Å²) in [6.45, 7) is 0. The number of nitrogens with zero attached hydrogens (tertiary/aromatic N) is 1. The van der Waals surface area contributed by atoms with E-state index in [4.69, 9.17) is 4.74 Å². The van der Waals surface area contributed by atoms with Crippen LogP contribution in [0.1, 0.15) is 43.6 Å². The van der Waals surface area contributed by atoms with E-state index in [0.29, 0.717) is 5.88 Å². The Kier molecular flexibility index (Phi) is 3.97. The van der Waals surface area contributed by atoms with Gasteiger partial charge in [0.15, 0.2) is 0 Å². The molecule has 0 atom stereocenters. The number of ether oxygens (including phenoxy) is 1. The average molecular weight is 303 g/mol. The molecule has 0 unspecified atom stereocenters. The van der Waals surface area contributed by atoms with E-state index in [1.165, 1.54) is 43.1 Å². The first-order valence-electron chi connectivity index (χ1n) is 8.52. The zero-order valence-electron chi connectivity index (χ0n) is 13.2. The van der Waals surface area contributed by atoms with Gasteiger partial charge >= 0.3 is 0 Å². The van der Waals surface area contributed by atoms with Crippen LogP contribution in [0.25, 0.3) is 10.8 Å². The molecule has 2 nitrogen and oxygen atoms in total. The molecule has 23 heavy (non-hydrogen) atoms. The second kappa shape index (κ2) is 6.41. The lowest BCUT2D eigenvalue weighted by Gasteiger charge is -2.22. The quantitative estimate of drug-likeness (QED) is 0.585. The van der Waals surface area contributed by atoms with Crippen LogP contribution in [-0.2, 0) is 0 Å². The number of aromatic nitrogens is 1. The van der Waals surface area contributed by atoms with Gasteiger partial charge in [0.1, 0.15) is 5.75 Å². The maximum atomic E-state index is 5.97. The Balaban J connectivity index is 1.67. The monoisotopic (exact) mass is 303 g/mol. The van der Waals surface area contributed by atoms with Crippen molar-refractivity contribution in [3.63, 3.8) is 0 Å². The molecule has 2 aromatic carbocycles. The average Bonchev–Trinajstić information content (AvgIpc) is 2.63. The summed E-state index contributed by atoms with van der Waals surface area (Å²) in [7, 11) is 0.